The lowest BCUT2D eigenvalue weighted by Gasteiger charge is -2.26. The Kier molecular flexibility index (Phi) is 4.47. The average molecular weight is 273 g/mol. The Hall–Kier alpha value is -1.50. The maximum atomic E-state index is 10.9. The number of ether oxygens (including phenoxy) is 4. The lowest BCUT2D eigenvalue weighted by atomic mass is 10.2. The molecule has 0 N–H and O–H groups in total. The Balaban J connectivity index is 1.84. The van der Waals surface area contributed by atoms with Gasteiger partial charge in [-0.1, -0.05) is 13.8 Å². The van der Waals surface area contributed by atoms with Crippen molar-refractivity contribution in [2.75, 3.05) is 32.8 Å². The smallest absolute Gasteiger partial charge is 0.430 e. The minimum atomic E-state index is -0.620. The van der Waals surface area contributed by atoms with Crippen molar-refractivity contribution in [1.82, 2.24) is 4.90 Å². The molecule has 0 aliphatic carbocycles. The first-order chi connectivity index (χ1) is 9.02. The molecule has 2 aliphatic rings. The Labute approximate surface area is 111 Å². The van der Waals surface area contributed by atoms with Crippen LogP contribution in [0.25, 0.3) is 0 Å². The Morgan fingerprint density at radius 1 is 1.05 bits per heavy atom. The highest BCUT2D eigenvalue weighted by atomic mass is 16.8. The molecule has 108 valence electrons. The first-order valence-corrected chi connectivity index (χ1v) is 6.42. The maximum absolute atomic E-state index is 10.9. The van der Waals surface area contributed by atoms with Gasteiger partial charge in [-0.3, -0.25) is 4.90 Å². The zero-order valence-electron chi connectivity index (χ0n) is 11.2. The highest BCUT2D eigenvalue weighted by Crippen LogP contribution is 2.13. The molecule has 2 rings (SSSR count). The van der Waals surface area contributed by atoms with Crippen LogP contribution in [0.4, 0.5) is 9.59 Å². The standard InChI is InChI=1S/C12H19NO6/c1-8(2)3-13(4-9-6-16-11(14)18-9)5-10-7-17-12(15)19-10/h8-10H,3-7H2,1-2H3. The number of rotatable bonds is 6. The SMILES string of the molecule is CC(C)CN(CC1COC(=O)O1)CC1COC(=O)O1. The normalized spacial score (nSPS) is 26.3. The summed E-state index contributed by atoms with van der Waals surface area (Å²) < 4.78 is 19.6. The molecule has 2 unspecified atom stereocenters. The first kappa shape index (κ1) is 13.9. The summed E-state index contributed by atoms with van der Waals surface area (Å²) >= 11 is 0. The molecule has 7 nitrogen and oxygen atoms in total. The fourth-order valence-corrected chi connectivity index (χ4v) is 2.23. The maximum Gasteiger partial charge on any atom is 0.508 e. The van der Waals surface area contributed by atoms with Crippen molar-refractivity contribution in [2.45, 2.75) is 26.1 Å². The van der Waals surface area contributed by atoms with Gasteiger partial charge in [-0.25, -0.2) is 9.59 Å². The van der Waals surface area contributed by atoms with Gasteiger partial charge in [-0.05, 0) is 5.92 Å². The number of nitrogens with zero attached hydrogens (tertiary/aromatic N) is 1. The van der Waals surface area contributed by atoms with Gasteiger partial charge in [0.05, 0.1) is 0 Å². The van der Waals surface area contributed by atoms with Gasteiger partial charge >= 0.3 is 12.3 Å². The second-order valence-electron chi connectivity index (χ2n) is 5.21. The van der Waals surface area contributed by atoms with E-state index in [0.717, 1.165) is 6.54 Å². The van der Waals surface area contributed by atoms with E-state index in [4.69, 9.17) is 18.9 Å². The van der Waals surface area contributed by atoms with Crippen molar-refractivity contribution < 1.29 is 28.5 Å². The van der Waals surface area contributed by atoms with Crippen LogP contribution in [-0.4, -0.2) is 62.3 Å². The van der Waals surface area contributed by atoms with Crippen LogP contribution in [0.1, 0.15) is 13.8 Å². The van der Waals surface area contributed by atoms with E-state index in [2.05, 4.69) is 18.7 Å². The average Bonchev–Trinajstić information content (AvgIpc) is 2.87. The predicted molar refractivity (Wildman–Crippen MR) is 63.7 cm³/mol. The van der Waals surface area contributed by atoms with E-state index < -0.39 is 12.3 Å². The van der Waals surface area contributed by atoms with E-state index in [0.29, 0.717) is 19.0 Å². The van der Waals surface area contributed by atoms with Crippen molar-refractivity contribution in [3.8, 4) is 0 Å². The third-order valence-corrected chi connectivity index (χ3v) is 2.85. The molecule has 2 fully saturated rings. The van der Waals surface area contributed by atoms with Crippen LogP contribution >= 0.6 is 0 Å². The number of carbonyl (C=O) groups excluding carboxylic acids is 2. The summed E-state index contributed by atoms with van der Waals surface area (Å²) in [4.78, 5) is 23.9. The Morgan fingerprint density at radius 3 is 1.84 bits per heavy atom. The van der Waals surface area contributed by atoms with E-state index >= 15 is 0 Å². The van der Waals surface area contributed by atoms with Crippen molar-refractivity contribution in [1.29, 1.82) is 0 Å². The lowest BCUT2D eigenvalue weighted by Crippen LogP contribution is -2.41. The molecule has 2 heterocycles. The minimum Gasteiger partial charge on any atom is -0.430 e. The number of hydrogen-bond donors (Lipinski definition) is 0. The second kappa shape index (κ2) is 6.10. The largest absolute Gasteiger partial charge is 0.508 e. The summed E-state index contributed by atoms with van der Waals surface area (Å²) in [5.41, 5.74) is 0. The van der Waals surface area contributed by atoms with E-state index in [-0.39, 0.29) is 25.4 Å². The molecule has 2 saturated heterocycles. The lowest BCUT2D eigenvalue weighted by molar-refractivity contribution is 0.0710. The van der Waals surface area contributed by atoms with Crippen LogP contribution in [0, 0.1) is 5.92 Å². The molecule has 0 bridgehead atoms. The van der Waals surface area contributed by atoms with E-state index in [9.17, 15) is 9.59 Å². The summed E-state index contributed by atoms with van der Waals surface area (Å²) in [6, 6.07) is 0. The fourth-order valence-electron chi connectivity index (χ4n) is 2.23. The van der Waals surface area contributed by atoms with E-state index in [1.807, 2.05) is 0 Å². The number of hydrogen-bond acceptors (Lipinski definition) is 7. The zero-order valence-corrected chi connectivity index (χ0v) is 11.2. The molecule has 7 heteroatoms. The zero-order chi connectivity index (χ0) is 13.8. The highest BCUT2D eigenvalue weighted by molar-refractivity contribution is 5.62. The quantitative estimate of drug-likeness (QED) is 0.669. The van der Waals surface area contributed by atoms with Crippen LogP contribution in [0.3, 0.4) is 0 Å². The molecule has 19 heavy (non-hydrogen) atoms. The Morgan fingerprint density at radius 2 is 1.53 bits per heavy atom. The van der Waals surface area contributed by atoms with Crippen LogP contribution in [0.15, 0.2) is 0 Å². The summed E-state index contributed by atoms with van der Waals surface area (Å²) in [7, 11) is 0. The van der Waals surface area contributed by atoms with Gasteiger partial charge in [-0.2, -0.15) is 0 Å². The monoisotopic (exact) mass is 273 g/mol. The molecule has 2 atom stereocenters. The third-order valence-electron chi connectivity index (χ3n) is 2.85. The van der Waals surface area contributed by atoms with E-state index in [1.165, 1.54) is 0 Å². The Bertz CT molecular complexity index is 317. The summed E-state index contributed by atoms with van der Waals surface area (Å²) in [5, 5.41) is 0. The van der Waals surface area contributed by atoms with Gasteiger partial charge in [0.2, 0.25) is 0 Å². The van der Waals surface area contributed by atoms with Crippen molar-refractivity contribution >= 4 is 12.3 Å². The van der Waals surface area contributed by atoms with Crippen LogP contribution in [-0.2, 0) is 18.9 Å². The van der Waals surface area contributed by atoms with Crippen LogP contribution in [0.2, 0.25) is 0 Å². The molecule has 0 amide bonds. The van der Waals surface area contributed by atoms with Crippen molar-refractivity contribution in [3.05, 3.63) is 0 Å². The summed E-state index contributed by atoms with van der Waals surface area (Å²) in [6.07, 6.45) is -1.76. The fraction of sp³-hybridized carbons (Fsp3) is 0.833. The molecule has 0 aromatic heterocycles. The van der Waals surface area contributed by atoms with Crippen LogP contribution < -0.4 is 0 Å². The molecule has 0 spiro atoms. The molecular weight excluding hydrogens is 254 g/mol. The molecule has 0 aromatic carbocycles. The molecule has 2 aliphatic heterocycles. The van der Waals surface area contributed by atoms with Crippen molar-refractivity contribution in [3.63, 3.8) is 0 Å². The minimum absolute atomic E-state index is 0.260. The highest BCUT2D eigenvalue weighted by Gasteiger charge is 2.31. The summed E-state index contributed by atoms with van der Waals surface area (Å²) in [6.45, 7) is 6.70. The molecule has 0 saturated carbocycles. The van der Waals surface area contributed by atoms with E-state index in [1.54, 1.807) is 0 Å². The topological polar surface area (TPSA) is 74.3 Å². The predicted octanol–water partition coefficient (Wildman–Crippen LogP) is 1.02. The molecule has 0 aromatic rings. The van der Waals surface area contributed by atoms with Crippen molar-refractivity contribution in [2.24, 2.45) is 5.92 Å². The molecular formula is C12H19NO6. The van der Waals surface area contributed by atoms with Gasteiger partial charge in [0.1, 0.15) is 13.2 Å². The second-order valence-corrected chi connectivity index (χ2v) is 5.21. The molecule has 0 radical (unpaired) electrons. The van der Waals surface area contributed by atoms with Gasteiger partial charge in [0.15, 0.2) is 12.2 Å². The third kappa shape index (κ3) is 4.27. The first-order valence-electron chi connectivity index (χ1n) is 6.42. The number of cyclic esters (lactones) is 4. The van der Waals surface area contributed by atoms with Gasteiger partial charge in [0, 0.05) is 19.6 Å². The van der Waals surface area contributed by atoms with Gasteiger partial charge in [0.25, 0.3) is 0 Å². The number of carbonyl (C=O) groups is 2. The van der Waals surface area contributed by atoms with Gasteiger partial charge in [-0.15, -0.1) is 0 Å². The summed E-state index contributed by atoms with van der Waals surface area (Å²) in [5.74, 6) is 0.455. The van der Waals surface area contributed by atoms with Crippen LogP contribution in [0.5, 0.6) is 0 Å². The van der Waals surface area contributed by atoms with Gasteiger partial charge < -0.3 is 18.9 Å².